The molecule has 2 aromatic carbocycles. The molecule has 0 bridgehead atoms. The van der Waals surface area contributed by atoms with Crippen LogP contribution in [0.25, 0.3) is 22.0 Å². The van der Waals surface area contributed by atoms with E-state index in [1.807, 2.05) is 54.9 Å². The van der Waals surface area contributed by atoms with Crippen molar-refractivity contribution < 1.29 is 4.74 Å². The summed E-state index contributed by atoms with van der Waals surface area (Å²) >= 11 is 0. The molecule has 0 N–H and O–H groups in total. The smallest absolute Gasteiger partial charge is 0.127 e. The summed E-state index contributed by atoms with van der Waals surface area (Å²) in [5.74, 6) is 0.869. The Labute approximate surface area is 147 Å². The second-order valence-corrected chi connectivity index (χ2v) is 5.97. The van der Waals surface area contributed by atoms with E-state index in [4.69, 9.17) is 4.74 Å². The van der Waals surface area contributed by atoms with Gasteiger partial charge >= 0.3 is 0 Å². The number of rotatable bonds is 4. The molecule has 0 fully saturated rings. The van der Waals surface area contributed by atoms with Gasteiger partial charge < -0.3 is 4.74 Å². The Hall–Kier alpha value is -3.20. The Bertz CT molecular complexity index is 1010. The van der Waals surface area contributed by atoms with Crippen molar-refractivity contribution in [3.8, 4) is 17.0 Å². The van der Waals surface area contributed by atoms with Gasteiger partial charge in [0.2, 0.25) is 0 Å². The maximum absolute atomic E-state index is 6.17. The summed E-state index contributed by atoms with van der Waals surface area (Å²) in [6, 6.07) is 20.3. The Morgan fingerprint density at radius 1 is 0.880 bits per heavy atom. The number of benzene rings is 2. The van der Waals surface area contributed by atoms with Crippen LogP contribution in [0.5, 0.6) is 5.75 Å². The molecule has 0 aliphatic carbocycles. The largest absolute Gasteiger partial charge is 0.488 e. The summed E-state index contributed by atoms with van der Waals surface area (Å²) in [7, 11) is 0. The monoisotopic (exact) mass is 326 g/mol. The summed E-state index contributed by atoms with van der Waals surface area (Å²) < 4.78 is 6.17. The highest BCUT2D eigenvalue weighted by molar-refractivity contribution is 5.87. The van der Waals surface area contributed by atoms with E-state index in [9.17, 15) is 0 Å². The molecule has 25 heavy (non-hydrogen) atoms. The molecule has 0 amide bonds. The number of fused-ring (bicyclic) bond motifs is 1. The molecule has 0 atom stereocenters. The average Bonchev–Trinajstić information content (AvgIpc) is 2.67. The maximum Gasteiger partial charge on any atom is 0.127 e. The molecule has 2 heterocycles. The third kappa shape index (κ3) is 3.09. The molecule has 0 aliphatic heterocycles. The van der Waals surface area contributed by atoms with Crippen molar-refractivity contribution in [2.45, 2.75) is 13.5 Å². The zero-order valence-corrected chi connectivity index (χ0v) is 14.0. The molecular weight excluding hydrogens is 308 g/mol. The Morgan fingerprint density at radius 3 is 2.68 bits per heavy atom. The Balaban J connectivity index is 1.69. The minimum atomic E-state index is 0.495. The molecule has 4 aromatic rings. The lowest BCUT2D eigenvalue weighted by molar-refractivity contribution is 0.310. The number of hydrogen-bond donors (Lipinski definition) is 0. The standard InChI is InChI=1S/C22H18N2O/c1-16-6-4-8-18(22(16)20-9-2-3-12-24-20)15-25-21-10-5-7-17-14-23-13-11-19(17)21/h2-14H,15H2,1H3. The quantitative estimate of drug-likeness (QED) is 0.518. The van der Waals surface area contributed by atoms with Gasteiger partial charge in [0.25, 0.3) is 0 Å². The molecular formula is C22H18N2O. The van der Waals surface area contributed by atoms with Gasteiger partial charge in [-0.05, 0) is 42.3 Å². The SMILES string of the molecule is Cc1cccc(COc2cccc3cnccc23)c1-c1ccccn1. The molecule has 0 saturated carbocycles. The highest BCUT2D eigenvalue weighted by atomic mass is 16.5. The molecule has 0 unspecified atom stereocenters. The van der Waals surface area contributed by atoms with Crippen molar-refractivity contribution >= 4 is 10.8 Å². The third-order valence-corrected chi connectivity index (χ3v) is 4.30. The van der Waals surface area contributed by atoms with Crippen LogP contribution in [0, 0.1) is 6.92 Å². The topological polar surface area (TPSA) is 35.0 Å². The van der Waals surface area contributed by atoms with Gasteiger partial charge in [0.15, 0.2) is 0 Å². The normalized spacial score (nSPS) is 10.8. The number of pyridine rings is 2. The summed E-state index contributed by atoms with van der Waals surface area (Å²) in [5.41, 5.74) is 4.44. The first-order chi connectivity index (χ1) is 12.3. The minimum Gasteiger partial charge on any atom is -0.488 e. The van der Waals surface area contributed by atoms with Crippen molar-refractivity contribution in [2.75, 3.05) is 0 Å². The molecule has 0 saturated heterocycles. The first kappa shape index (κ1) is 15.3. The molecule has 4 rings (SSSR count). The summed E-state index contributed by atoms with van der Waals surface area (Å²) in [6.07, 6.45) is 5.47. The van der Waals surface area contributed by atoms with E-state index in [2.05, 4.69) is 35.1 Å². The van der Waals surface area contributed by atoms with E-state index in [-0.39, 0.29) is 0 Å². The molecule has 3 nitrogen and oxygen atoms in total. The first-order valence-electron chi connectivity index (χ1n) is 8.28. The zero-order chi connectivity index (χ0) is 17.1. The van der Waals surface area contributed by atoms with Crippen LogP contribution < -0.4 is 4.74 Å². The van der Waals surface area contributed by atoms with Crippen LogP contribution in [0.4, 0.5) is 0 Å². The van der Waals surface area contributed by atoms with Gasteiger partial charge in [-0.25, -0.2) is 0 Å². The van der Waals surface area contributed by atoms with Crippen LogP contribution >= 0.6 is 0 Å². The molecule has 2 aromatic heterocycles. The summed E-state index contributed by atoms with van der Waals surface area (Å²) in [5, 5.41) is 2.15. The second kappa shape index (κ2) is 6.73. The fraction of sp³-hybridized carbons (Fsp3) is 0.0909. The molecule has 122 valence electrons. The van der Waals surface area contributed by atoms with Crippen molar-refractivity contribution in [2.24, 2.45) is 0 Å². The van der Waals surface area contributed by atoms with Gasteiger partial charge in [-0.1, -0.05) is 36.4 Å². The lowest BCUT2D eigenvalue weighted by atomic mass is 9.99. The number of aromatic nitrogens is 2. The lowest BCUT2D eigenvalue weighted by Gasteiger charge is -2.14. The van der Waals surface area contributed by atoms with E-state index in [1.54, 1.807) is 6.20 Å². The molecule has 0 spiro atoms. The van der Waals surface area contributed by atoms with Gasteiger partial charge in [0, 0.05) is 34.9 Å². The second-order valence-electron chi connectivity index (χ2n) is 5.97. The van der Waals surface area contributed by atoms with Crippen LogP contribution in [0.3, 0.4) is 0 Å². The predicted molar refractivity (Wildman–Crippen MR) is 100 cm³/mol. The number of ether oxygens (including phenoxy) is 1. The van der Waals surface area contributed by atoms with Gasteiger partial charge in [0.1, 0.15) is 12.4 Å². The Kier molecular flexibility index (Phi) is 4.13. The average molecular weight is 326 g/mol. The number of hydrogen-bond acceptors (Lipinski definition) is 3. The van der Waals surface area contributed by atoms with Crippen LogP contribution in [-0.2, 0) is 6.61 Å². The van der Waals surface area contributed by atoms with E-state index >= 15 is 0 Å². The highest BCUT2D eigenvalue weighted by Crippen LogP contribution is 2.29. The van der Waals surface area contributed by atoms with Crippen LogP contribution in [0.1, 0.15) is 11.1 Å². The Morgan fingerprint density at radius 2 is 1.80 bits per heavy atom. The fourth-order valence-electron chi connectivity index (χ4n) is 3.10. The number of nitrogens with zero attached hydrogens (tertiary/aromatic N) is 2. The van der Waals surface area contributed by atoms with Crippen LogP contribution in [-0.4, -0.2) is 9.97 Å². The zero-order valence-electron chi connectivity index (χ0n) is 14.0. The van der Waals surface area contributed by atoms with Crippen molar-refractivity contribution in [3.63, 3.8) is 0 Å². The summed E-state index contributed by atoms with van der Waals surface area (Å²) in [4.78, 5) is 8.69. The fourth-order valence-corrected chi connectivity index (χ4v) is 3.10. The van der Waals surface area contributed by atoms with Crippen LogP contribution in [0.2, 0.25) is 0 Å². The summed E-state index contributed by atoms with van der Waals surface area (Å²) in [6.45, 7) is 2.60. The van der Waals surface area contributed by atoms with E-state index in [0.29, 0.717) is 6.61 Å². The minimum absolute atomic E-state index is 0.495. The lowest BCUT2D eigenvalue weighted by Crippen LogP contribution is -2.00. The van der Waals surface area contributed by atoms with Crippen molar-refractivity contribution in [1.29, 1.82) is 0 Å². The van der Waals surface area contributed by atoms with Crippen molar-refractivity contribution in [1.82, 2.24) is 9.97 Å². The first-order valence-corrected chi connectivity index (χ1v) is 8.28. The van der Waals surface area contributed by atoms with Crippen LogP contribution in [0.15, 0.2) is 79.3 Å². The highest BCUT2D eigenvalue weighted by Gasteiger charge is 2.10. The molecule has 0 aliphatic rings. The van der Waals surface area contributed by atoms with Gasteiger partial charge in [-0.15, -0.1) is 0 Å². The van der Waals surface area contributed by atoms with E-state index in [1.165, 1.54) is 5.56 Å². The number of aryl methyl sites for hydroxylation is 1. The maximum atomic E-state index is 6.17. The van der Waals surface area contributed by atoms with E-state index < -0.39 is 0 Å². The van der Waals surface area contributed by atoms with Crippen molar-refractivity contribution in [3.05, 3.63) is 90.4 Å². The predicted octanol–water partition coefficient (Wildman–Crippen LogP) is 5.18. The molecule has 0 radical (unpaired) electrons. The third-order valence-electron chi connectivity index (χ3n) is 4.30. The van der Waals surface area contributed by atoms with E-state index in [0.717, 1.165) is 33.3 Å². The van der Waals surface area contributed by atoms with Gasteiger partial charge in [-0.3, -0.25) is 9.97 Å². The molecule has 3 heteroatoms. The van der Waals surface area contributed by atoms with Gasteiger partial charge in [0.05, 0.1) is 5.69 Å². The van der Waals surface area contributed by atoms with Gasteiger partial charge in [-0.2, -0.15) is 0 Å².